The van der Waals surface area contributed by atoms with Gasteiger partial charge in [-0.25, -0.2) is 9.78 Å². The molecule has 0 aromatic carbocycles. The van der Waals surface area contributed by atoms with E-state index in [-0.39, 0.29) is 24.3 Å². The average Bonchev–Trinajstić information content (AvgIpc) is 2.67. The molecule has 1 aliphatic rings. The van der Waals surface area contributed by atoms with Gasteiger partial charge in [0.15, 0.2) is 11.5 Å². The second-order valence-electron chi connectivity index (χ2n) is 4.31. The molecule has 0 saturated carbocycles. The normalized spacial score (nSPS) is 21.8. The van der Waals surface area contributed by atoms with Gasteiger partial charge in [-0.1, -0.05) is 0 Å². The molecule has 0 aliphatic carbocycles. The van der Waals surface area contributed by atoms with Crippen molar-refractivity contribution in [3.63, 3.8) is 0 Å². The minimum atomic E-state index is -1.14. The molecule has 1 atom stereocenters. The van der Waals surface area contributed by atoms with Gasteiger partial charge in [0.1, 0.15) is 12.7 Å². The fraction of sp³-hybridized carbons (Fsp3) is 0.545. The Hall–Kier alpha value is -1.73. The van der Waals surface area contributed by atoms with Crippen LogP contribution in [0.3, 0.4) is 0 Å². The van der Waals surface area contributed by atoms with Crippen LogP contribution in [-0.2, 0) is 9.47 Å². The summed E-state index contributed by atoms with van der Waals surface area (Å²) in [5, 5.41) is 8.75. The Morgan fingerprint density at radius 2 is 2.39 bits per heavy atom. The molecule has 7 heteroatoms. The van der Waals surface area contributed by atoms with Crippen LogP contribution in [0.15, 0.2) is 12.4 Å². The SMILES string of the molecule is CC1(C)OC[C@@H](COc2cncc(C(=O)O)n2)O1. The maximum Gasteiger partial charge on any atom is 0.356 e. The molecule has 2 heterocycles. The molecule has 2 rings (SSSR count). The summed E-state index contributed by atoms with van der Waals surface area (Å²) in [5.41, 5.74) is -0.156. The Bertz CT molecular complexity index is 449. The van der Waals surface area contributed by atoms with E-state index in [0.717, 1.165) is 6.20 Å². The number of aromatic carboxylic acids is 1. The van der Waals surface area contributed by atoms with Gasteiger partial charge >= 0.3 is 5.97 Å². The van der Waals surface area contributed by atoms with Crippen LogP contribution in [0.25, 0.3) is 0 Å². The van der Waals surface area contributed by atoms with Crippen LogP contribution >= 0.6 is 0 Å². The fourth-order valence-corrected chi connectivity index (χ4v) is 1.54. The molecule has 1 aromatic rings. The number of ether oxygens (including phenoxy) is 3. The van der Waals surface area contributed by atoms with Crippen molar-refractivity contribution in [1.29, 1.82) is 0 Å². The predicted octanol–water partition coefficient (Wildman–Crippen LogP) is 0.705. The minimum Gasteiger partial charge on any atom is -0.476 e. The van der Waals surface area contributed by atoms with E-state index in [1.54, 1.807) is 0 Å². The second kappa shape index (κ2) is 4.87. The third-order valence-electron chi connectivity index (χ3n) is 2.32. The zero-order valence-electron chi connectivity index (χ0n) is 10.1. The van der Waals surface area contributed by atoms with E-state index in [4.69, 9.17) is 19.3 Å². The van der Waals surface area contributed by atoms with Crippen LogP contribution in [0.2, 0.25) is 0 Å². The van der Waals surface area contributed by atoms with Crippen LogP contribution in [-0.4, -0.2) is 46.1 Å². The van der Waals surface area contributed by atoms with Gasteiger partial charge in [0.05, 0.1) is 19.0 Å². The number of hydrogen-bond donors (Lipinski definition) is 1. The van der Waals surface area contributed by atoms with E-state index in [9.17, 15) is 4.79 Å². The lowest BCUT2D eigenvalue weighted by atomic mass is 10.4. The summed E-state index contributed by atoms with van der Waals surface area (Å²) in [6.07, 6.45) is 2.32. The average molecular weight is 254 g/mol. The Balaban J connectivity index is 1.91. The quantitative estimate of drug-likeness (QED) is 0.845. The minimum absolute atomic E-state index is 0.156. The van der Waals surface area contributed by atoms with Crippen molar-refractivity contribution in [2.45, 2.75) is 25.7 Å². The summed E-state index contributed by atoms with van der Waals surface area (Å²) in [6, 6.07) is 0. The van der Waals surface area contributed by atoms with E-state index in [2.05, 4.69) is 9.97 Å². The van der Waals surface area contributed by atoms with Crippen molar-refractivity contribution in [2.75, 3.05) is 13.2 Å². The number of hydrogen-bond acceptors (Lipinski definition) is 6. The van der Waals surface area contributed by atoms with Crippen LogP contribution in [0, 0.1) is 0 Å². The van der Waals surface area contributed by atoms with Gasteiger partial charge < -0.3 is 19.3 Å². The third-order valence-corrected chi connectivity index (χ3v) is 2.32. The molecule has 0 bridgehead atoms. The van der Waals surface area contributed by atoms with E-state index < -0.39 is 11.8 Å². The third kappa shape index (κ3) is 3.14. The molecular formula is C11H14N2O5. The van der Waals surface area contributed by atoms with Crippen LogP contribution < -0.4 is 4.74 Å². The summed E-state index contributed by atoms with van der Waals surface area (Å²) in [5.74, 6) is -1.60. The second-order valence-corrected chi connectivity index (χ2v) is 4.31. The van der Waals surface area contributed by atoms with Crippen molar-refractivity contribution in [3.8, 4) is 5.88 Å². The lowest BCUT2D eigenvalue weighted by molar-refractivity contribution is -0.141. The van der Waals surface area contributed by atoms with Gasteiger partial charge in [-0.05, 0) is 13.8 Å². The monoisotopic (exact) mass is 254 g/mol. The Morgan fingerprint density at radius 1 is 1.61 bits per heavy atom. The summed E-state index contributed by atoms with van der Waals surface area (Å²) >= 11 is 0. The maximum absolute atomic E-state index is 10.7. The molecule has 0 spiro atoms. The maximum atomic E-state index is 10.7. The van der Waals surface area contributed by atoms with E-state index in [0.29, 0.717) is 6.61 Å². The molecule has 1 N–H and O–H groups in total. The number of nitrogens with zero attached hydrogens (tertiary/aromatic N) is 2. The zero-order valence-corrected chi connectivity index (χ0v) is 10.1. The summed E-state index contributed by atoms with van der Waals surface area (Å²) in [4.78, 5) is 18.2. The molecule has 1 aromatic heterocycles. The first kappa shape index (κ1) is 12.7. The first-order chi connectivity index (χ1) is 8.46. The van der Waals surface area contributed by atoms with E-state index in [1.165, 1.54) is 6.20 Å². The van der Waals surface area contributed by atoms with Crippen LogP contribution in [0.4, 0.5) is 0 Å². The molecule has 1 saturated heterocycles. The highest BCUT2D eigenvalue weighted by Gasteiger charge is 2.33. The van der Waals surface area contributed by atoms with Gasteiger partial charge in [0.25, 0.3) is 0 Å². The van der Waals surface area contributed by atoms with Crippen molar-refractivity contribution < 1.29 is 24.1 Å². The smallest absolute Gasteiger partial charge is 0.356 e. The lowest BCUT2D eigenvalue weighted by Crippen LogP contribution is -2.25. The topological polar surface area (TPSA) is 90.8 Å². The highest BCUT2D eigenvalue weighted by Crippen LogP contribution is 2.22. The molecule has 1 fully saturated rings. The lowest BCUT2D eigenvalue weighted by Gasteiger charge is -2.17. The van der Waals surface area contributed by atoms with Gasteiger partial charge in [0, 0.05) is 0 Å². The molecule has 0 unspecified atom stereocenters. The molecule has 18 heavy (non-hydrogen) atoms. The first-order valence-corrected chi connectivity index (χ1v) is 5.46. The Labute approximate surface area is 104 Å². The van der Waals surface area contributed by atoms with Crippen molar-refractivity contribution in [2.24, 2.45) is 0 Å². The molecule has 0 radical (unpaired) electrons. The highest BCUT2D eigenvalue weighted by atomic mass is 16.7. The zero-order chi connectivity index (χ0) is 13.2. The number of carboxylic acid groups (broad SMARTS) is 1. The molecule has 98 valence electrons. The Morgan fingerprint density at radius 3 is 3.00 bits per heavy atom. The number of aromatic nitrogens is 2. The number of rotatable bonds is 4. The summed E-state index contributed by atoms with van der Waals surface area (Å²) in [6.45, 7) is 4.30. The van der Waals surface area contributed by atoms with Gasteiger partial charge in [-0.3, -0.25) is 4.98 Å². The Kier molecular flexibility index (Phi) is 3.44. The van der Waals surface area contributed by atoms with Crippen LogP contribution in [0.5, 0.6) is 5.88 Å². The largest absolute Gasteiger partial charge is 0.476 e. The van der Waals surface area contributed by atoms with Crippen molar-refractivity contribution in [1.82, 2.24) is 9.97 Å². The fourth-order valence-electron chi connectivity index (χ4n) is 1.54. The summed E-state index contributed by atoms with van der Waals surface area (Å²) < 4.78 is 16.2. The molecule has 1 aliphatic heterocycles. The predicted molar refractivity (Wildman–Crippen MR) is 59.4 cm³/mol. The van der Waals surface area contributed by atoms with Gasteiger partial charge in [-0.15, -0.1) is 0 Å². The first-order valence-electron chi connectivity index (χ1n) is 5.46. The molecule has 7 nitrogen and oxygen atoms in total. The standard InChI is InChI=1S/C11H14N2O5/c1-11(2)17-6-7(18-11)5-16-9-4-12-3-8(13-9)10(14)15/h3-4,7H,5-6H2,1-2H3,(H,14,15)/t7-/m1/s1. The van der Waals surface area contributed by atoms with Gasteiger partial charge in [-0.2, -0.15) is 0 Å². The number of carboxylic acids is 1. The molecular weight excluding hydrogens is 240 g/mol. The van der Waals surface area contributed by atoms with Crippen molar-refractivity contribution >= 4 is 5.97 Å². The molecule has 0 amide bonds. The summed E-state index contributed by atoms with van der Waals surface area (Å²) in [7, 11) is 0. The van der Waals surface area contributed by atoms with E-state index >= 15 is 0 Å². The van der Waals surface area contributed by atoms with Gasteiger partial charge in [0.2, 0.25) is 5.88 Å². The van der Waals surface area contributed by atoms with Crippen molar-refractivity contribution in [3.05, 3.63) is 18.1 Å². The van der Waals surface area contributed by atoms with E-state index in [1.807, 2.05) is 13.8 Å². The highest BCUT2D eigenvalue weighted by molar-refractivity contribution is 5.84. The van der Waals surface area contributed by atoms with Crippen LogP contribution in [0.1, 0.15) is 24.3 Å². The number of carbonyl (C=O) groups is 1.